The van der Waals surface area contributed by atoms with Crippen LogP contribution >= 0.6 is 0 Å². The van der Waals surface area contributed by atoms with Crippen molar-refractivity contribution in [3.05, 3.63) is 54.1 Å². The van der Waals surface area contributed by atoms with Crippen molar-refractivity contribution in [1.82, 2.24) is 0 Å². The van der Waals surface area contributed by atoms with Crippen LogP contribution in [0.2, 0.25) is 0 Å². The van der Waals surface area contributed by atoms with Gasteiger partial charge in [0.25, 0.3) is 0 Å². The standard InChI is InChI=1S/C15H16N2O2/c1-19-14-8-7-12(16)10-13(14)17-15(18)9-11-5-3-2-4-6-11/h2-8,10H,9,16H2,1H3,(H,17,18). The molecule has 3 N–H and O–H groups in total. The minimum atomic E-state index is -0.102. The maximum absolute atomic E-state index is 12.0. The summed E-state index contributed by atoms with van der Waals surface area (Å²) in [4.78, 5) is 12.0. The highest BCUT2D eigenvalue weighted by Gasteiger charge is 2.08. The Balaban J connectivity index is 2.09. The molecule has 1 amide bonds. The largest absolute Gasteiger partial charge is 0.495 e. The molecule has 2 aromatic carbocycles. The number of hydrogen-bond donors (Lipinski definition) is 2. The van der Waals surface area contributed by atoms with E-state index in [4.69, 9.17) is 10.5 Å². The van der Waals surface area contributed by atoms with Gasteiger partial charge in [-0.3, -0.25) is 4.79 Å². The summed E-state index contributed by atoms with van der Waals surface area (Å²) in [5.41, 5.74) is 7.83. The molecule has 0 unspecified atom stereocenters. The fraction of sp³-hybridized carbons (Fsp3) is 0.133. The average Bonchev–Trinajstić information content (AvgIpc) is 2.40. The first-order chi connectivity index (χ1) is 9.19. The zero-order valence-electron chi connectivity index (χ0n) is 10.7. The Morgan fingerprint density at radius 1 is 1.21 bits per heavy atom. The molecule has 0 fully saturated rings. The van der Waals surface area contributed by atoms with E-state index in [1.807, 2.05) is 30.3 Å². The first-order valence-corrected chi connectivity index (χ1v) is 5.96. The van der Waals surface area contributed by atoms with Gasteiger partial charge in [-0.25, -0.2) is 0 Å². The van der Waals surface area contributed by atoms with Gasteiger partial charge in [0.2, 0.25) is 5.91 Å². The number of nitrogen functional groups attached to an aromatic ring is 1. The first kappa shape index (κ1) is 13.0. The SMILES string of the molecule is COc1ccc(N)cc1NC(=O)Cc1ccccc1. The lowest BCUT2D eigenvalue weighted by Crippen LogP contribution is -2.15. The van der Waals surface area contributed by atoms with Crippen LogP contribution in [0.5, 0.6) is 5.75 Å². The van der Waals surface area contributed by atoms with E-state index in [1.54, 1.807) is 25.3 Å². The topological polar surface area (TPSA) is 64.3 Å². The van der Waals surface area contributed by atoms with Crippen molar-refractivity contribution in [2.45, 2.75) is 6.42 Å². The zero-order chi connectivity index (χ0) is 13.7. The van der Waals surface area contributed by atoms with Crippen molar-refractivity contribution < 1.29 is 9.53 Å². The van der Waals surface area contributed by atoms with E-state index < -0.39 is 0 Å². The van der Waals surface area contributed by atoms with Crippen LogP contribution in [0.15, 0.2) is 48.5 Å². The maximum Gasteiger partial charge on any atom is 0.228 e. The molecule has 2 aromatic rings. The van der Waals surface area contributed by atoms with Gasteiger partial charge in [-0.05, 0) is 23.8 Å². The number of carbonyl (C=O) groups is 1. The van der Waals surface area contributed by atoms with Crippen LogP contribution in [0.1, 0.15) is 5.56 Å². The molecule has 0 aliphatic carbocycles. The van der Waals surface area contributed by atoms with Crippen molar-refractivity contribution >= 4 is 17.3 Å². The van der Waals surface area contributed by atoms with Crippen molar-refractivity contribution in [3.63, 3.8) is 0 Å². The number of rotatable bonds is 4. The number of nitrogens with one attached hydrogen (secondary N) is 1. The van der Waals surface area contributed by atoms with Gasteiger partial charge in [0.05, 0.1) is 19.2 Å². The van der Waals surface area contributed by atoms with Gasteiger partial charge in [0, 0.05) is 5.69 Å². The summed E-state index contributed by atoms with van der Waals surface area (Å²) in [5.74, 6) is 0.491. The third kappa shape index (κ3) is 3.48. The van der Waals surface area contributed by atoms with Crippen LogP contribution in [0.4, 0.5) is 11.4 Å². The lowest BCUT2D eigenvalue weighted by molar-refractivity contribution is -0.115. The Bertz CT molecular complexity index is 568. The summed E-state index contributed by atoms with van der Waals surface area (Å²) in [5, 5.41) is 2.81. The average molecular weight is 256 g/mol. The van der Waals surface area contributed by atoms with E-state index in [0.717, 1.165) is 5.56 Å². The highest BCUT2D eigenvalue weighted by Crippen LogP contribution is 2.26. The molecule has 0 aromatic heterocycles. The number of hydrogen-bond acceptors (Lipinski definition) is 3. The molecule has 0 aliphatic heterocycles. The zero-order valence-corrected chi connectivity index (χ0v) is 10.7. The van der Waals surface area contributed by atoms with Crippen LogP contribution in [-0.2, 0) is 11.2 Å². The van der Waals surface area contributed by atoms with Gasteiger partial charge in [-0.2, -0.15) is 0 Å². The van der Waals surface area contributed by atoms with E-state index in [9.17, 15) is 4.79 Å². The molecule has 0 bridgehead atoms. The number of carbonyl (C=O) groups excluding carboxylic acids is 1. The summed E-state index contributed by atoms with van der Waals surface area (Å²) in [6, 6.07) is 14.7. The first-order valence-electron chi connectivity index (χ1n) is 5.96. The van der Waals surface area contributed by atoms with Gasteiger partial charge in [0.15, 0.2) is 0 Å². The molecule has 98 valence electrons. The van der Waals surface area contributed by atoms with Crippen molar-refractivity contribution in [1.29, 1.82) is 0 Å². The Morgan fingerprint density at radius 3 is 2.63 bits per heavy atom. The Hall–Kier alpha value is -2.49. The fourth-order valence-electron chi connectivity index (χ4n) is 1.80. The summed E-state index contributed by atoms with van der Waals surface area (Å²) < 4.78 is 5.18. The smallest absolute Gasteiger partial charge is 0.228 e. The normalized spacial score (nSPS) is 9.95. The molecule has 0 aliphatic rings. The lowest BCUT2D eigenvalue weighted by atomic mass is 10.1. The maximum atomic E-state index is 12.0. The van der Waals surface area contributed by atoms with Crippen LogP contribution in [0.3, 0.4) is 0 Å². The van der Waals surface area contributed by atoms with E-state index in [0.29, 0.717) is 23.5 Å². The number of ether oxygens (including phenoxy) is 1. The quantitative estimate of drug-likeness (QED) is 0.826. The van der Waals surface area contributed by atoms with Gasteiger partial charge in [-0.1, -0.05) is 30.3 Å². The van der Waals surface area contributed by atoms with Crippen LogP contribution in [0.25, 0.3) is 0 Å². The highest BCUT2D eigenvalue weighted by molar-refractivity contribution is 5.94. The molecule has 0 atom stereocenters. The number of amides is 1. The van der Waals surface area contributed by atoms with Crippen LogP contribution in [-0.4, -0.2) is 13.0 Å². The van der Waals surface area contributed by atoms with E-state index in [-0.39, 0.29) is 5.91 Å². The van der Waals surface area contributed by atoms with Crippen molar-refractivity contribution in [3.8, 4) is 5.75 Å². The van der Waals surface area contributed by atoms with Gasteiger partial charge >= 0.3 is 0 Å². The van der Waals surface area contributed by atoms with Gasteiger partial charge in [-0.15, -0.1) is 0 Å². The third-order valence-electron chi connectivity index (χ3n) is 2.71. The summed E-state index contributed by atoms with van der Waals surface area (Å²) in [7, 11) is 1.55. The lowest BCUT2D eigenvalue weighted by Gasteiger charge is -2.10. The predicted molar refractivity (Wildman–Crippen MR) is 76.2 cm³/mol. The fourth-order valence-corrected chi connectivity index (χ4v) is 1.80. The van der Waals surface area contributed by atoms with E-state index in [2.05, 4.69) is 5.32 Å². The highest BCUT2D eigenvalue weighted by atomic mass is 16.5. The monoisotopic (exact) mass is 256 g/mol. The molecule has 4 nitrogen and oxygen atoms in total. The molecule has 19 heavy (non-hydrogen) atoms. The number of nitrogens with two attached hydrogens (primary N) is 1. The molecule has 2 rings (SSSR count). The summed E-state index contributed by atoms with van der Waals surface area (Å²) in [6.45, 7) is 0. The van der Waals surface area contributed by atoms with Crippen molar-refractivity contribution in [2.24, 2.45) is 0 Å². The molecule has 0 saturated carbocycles. The predicted octanol–water partition coefficient (Wildman–Crippen LogP) is 2.46. The Kier molecular flexibility index (Phi) is 4.03. The van der Waals surface area contributed by atoms with Crippen LogP contribution < -0.4 is 15.8 Å². The number of anilines is 2. The van der Waals surface area contributed by atoms with Gasteiger partial charge < -0.3 is 15.8 Å². The Morgan fingerprint density at radius 2 is 1.95 bits per heavy atom. The molecule has 0 radical (unpaired) electrons. The second-order valence-corrected chi connectivity index (χ2v) is 4.17. The molecule has 0 heterocycles. The molecule has 0 spiro atoms. The second kappa shape index (κ2) is 5.91. The molecular weight excluding hydrogens is 240 g/mol. The summed E-state index contributed by atoms with van der Waals surface area (Å²) >= 11 is 0. The molecule has 0 saturated heterocycles. The summed E-state index contributed by atoms with van der Waals surface area (Å²) in [6.07, 6.45) is 0.318. The van der Waals surface area contributed by atoms with Crippen molar-refractivity contribution in [2.75, 3.05) is 18.2 Å². The van der Waals surface area contributed by atoms with E-state index >= 15 is 0 Å². The van der Waals surface area contributed by atoms with E-state index in [1.165, 1.54) is 0 Å². The third-order valence-corrected chi connectivity index (χ3v) is 2.71. The Labute approximate surface area is 112 Å². The second-order valence-electron chi connectivity index (χ2n) is 4.17. The number of methoxy groups -OCH3 is 1. The minimum Gasteiger partial charge on any atom is -0.495 e. The molecule has 4 heteroatoms. The van der Waals surface area contributed by atoms with Crippen LogP contribution in [0, 0.1) is 0 Å². The minimum absolute atomic E-state index is 0.102. The number of benzene rings is 2. The van der Waals surface area contributed by atoms with Gasteiger partial charge in [0.1, 0.15) is 5.75 Å². The molecular formula is C15H16N2O2.